The van der Waals surface area contributed by atoms with Gasteiger partial charge in [0.25, 0.3) is 0 Å². The molecule has 0 spiro atoms. The standard InChI is InChI=1S/C15H12Br3ClN2O3/c1-7-5-11(22)15(2,18)13(17)12(7)21-24-14(23)20-10-6-8(19)3-4-9(10)16/h3-6,13H,1-2H3,(H,20,23). The van der Waals surface area contributed by atoms with Crippen LogP contribution in [0, 0.1) is 0 Å². The molecule has 1 aromatic rings. The zero-order valence-electron chi connectivity index (χ0n) is 12.6. The minimum atomic E-state index is -0.860. The lowest BCUT2D eigenvalue weighted by molar-refractivity contribution is -0.116. The van der Waals surface area contributed by atoms with Crippen LogP contribution < -0.4 is 5.32 Å². The van der Waals surface area contributed by atoms with Crippen LogP contribution >= 0.6 is 59.4 Å². The molecular weight excluding hydrogens is 531 g/mol. The van der Waals surface area contributed by atoms with E-state index in [-0.39, 0.29) is 5.78 Å². The van der Waals surface area contributed by atoms with Gasteiger partial charge >= 0.3 is 6.09 Å². The average molecular weight is 543 g/mol. The molecule has 0 radical (unpaired) electrons. The molecule has 1 aliphatic carbocycles. The van der Waals surface area contributed by atoms with Crippen molar-refractivity contribution in [3.05, 3.63) is 39.3 Å². The van der Waals surface area contributed by atoms with E-state index in [1.54, 1.807) is 32.0 Å². The second kappa shape index (κ2) is 7.68. The van der Waals surface area contributed by atoms with E-state index in [1.165, 1.54) is 6.08 Å². The largest absolute Gasteiger partial charge is 0.437 e. The maximum absolute atomic E-state index is 12.0. The lowest BCUT2D eigenvalue weighted by atomic mass is 9.88. The first-order valence-electron chi connectivity index (χ1n) is 6.70. The van der Waals surface area contributed by atoms with Gasteiger partial charge in [0.1, 0.15) is 4.32 Å². The van der Waals surface area contributed by atoms with Gasteiger partial charge in [-0.2, -0.15) is 0 Å². The molecule has 0 saturated carbocycles. The van der Waals surface area contributed by atoms with Gasteiger partial charge in [-0.1, -0.05) is 48.6 Å². The number of carbonyl (C=O) groups excluding carboxylic acids is 2. The molecule has 1 aliphatic rings. The van der Waals surface area contributed by atoms with Gasteiger partial charge in [-0.3, -0.25) is 14.9 Å². The lowest BCUT2D eigenvalue weighted by Gasteiger charge is -2.30. The molecule has 0 bridgehead atoms. The van der Waals surface area contributed by atoms with E-state index in [0.717, 1.165) is 0 Å². The van der Waals surface area contributed by atoms with Crippen molar-refractivity contribution in [2.45, 2.75) is 23.0 Å². The van der Waals surface area contributed by atoms with E-state index in [4.69, 9.17) is 16.4 Å². The predicted molar refractivity (Wildman–Crippen MR) is 106 cm³/mol. The smallest absolute Gasteiger partial charge is 0.297 e. The van der Waals surface area contributed by atoms with Gasteiger partial charge in [0.2, 0.25) is 0 Å². The number of oxime groups is 1. The third-order valence-electron chi connectivity index (χ3n) is 3.34. The van der Waals surface area contributed by atoms with Gasteiger partial charge in [-0.15, -0.1) is 0 Å². The first-order valence-corrected chi connectivity index (χ1v) is 9.58. The summed E-state index contributed by atoms with van der Waals surface area (Å²) in [4.78, 5) is 28.4. The highest BCUT2D eigenvalue weighted by atomic mass is 79.9. The van der Waals surface area contributed by atoms with Crippen molar-refractivity contribution in [3.63, 3.8) is 0 Å². The first-order chi connectivity index (χ1) is 11.1. The van der Waals surface area contributed by atoms with Crippen LogP contribution in [0.1, 0.15) is 13.8 Å². The molecule has 9 heteroatoms. The van der Waals surface area contributed by atoms with E-state index in [9.17, 15) is 9.59 Å². The lowest BCUT2D eigenvalue weighted by Crippen LogP contribution is -2.45. The number of hydrogen-bond acceptors (Lipinski definition) is 4. The Morgan fingerprint density at radius 2 is 2.12 bits per heavy atom. The molecule has 128 valence electrons. The number of anilines is 1. The van der Waals surface area contributed by atoms with Crippen LogP contribution in [-0.2, 0) is 9.63 Å². The number of amides is 1. The van der Waals surface area contributed by atoms with Gasteiger partial charge in [-0.05, 0) is 59.6 Å². The Bertz CT molecular complexity index is 762. The maximum Gasteiger partial charge on any atom is 0.437 e. The van der Waals surface area contributed by atoms with Crippen molar-refractivity contribution in [1.82, 2.24) is 0 Å². The Labute approximate surface area is 169 Å². The van der Waals surface area contributed by atoms with Crippen molar-refractivity contribution in [2.75, 3.05) is 5.32 Å². The normalized spacial score (nSPS) is 25.4. The third-order valence-corrected chi connectivity index (χ3v) is 7.08. The summed E-state index contributed by atoms with van der Waals surface area (Å²) in [5.74, 6) is -0.0897. The molecule has 0 aromatic heterocycles. The van der Waals surface area contributed by atoms with E-state index < -0.39 is 15.2 Å². The molecule has 0 heterocycles. The van der Waals surface area contributed by atoms with Crippen molar-refractivity contribution in [1.29, 1.82) is 0 Å². The Morgan fingerprint density at radius 1 is 1.46 bits per heavy atom. The van der Waals surface area contributed by atoms with Gasteiger partial charge in [0.15, 0.2) is 5.78 Å². The molecule has 0 fully saturated rings. The van der Waals surface area contributed by atoms with E-state index in [1.807, 2.05) is 0 Å². The summed E-state index contributed by atoms with van der Waals surface area (Å²) < 4.78 is -0.205. The molecule has 0 saturated heterocycles. The third kappa shape index (κ3) is 4.28. The number of hydrogen-bond donors (Lipinski definition) is 1. The Balaban J connectivity index is 2.15. The number of allylic oxidation sites excluding steroid dienone is 2. The molecule has 5 nitrogen and oxygen atoms in total. The quantitative estimate of drug-likeness (QED) is 0.307. The molecule has 2 unspecified atom stereocenters. The van der Waals surface area contributed by atoms with Crippen LogP contribution in [0.5, 0.6) is 0 Å². The van der Waals surface area contributed by atoms with Crippen LogP contribution in [0.4, 0.5) is 10.5 Å². The van der Waals surface area contributed by atoms with Gasteiger partial charge in [0.05, 0.1) is 16.2 Å². The Kier molecular flexibility index (Phi) is 6.28. The number of carbonyl (C=O) groups is 2. The SMILES string of the molecule is CC1=CC(=O)C(C)(Br)C(Br)C1=NOC(=O)Nc1cc(Cl)ccc1Br. The second-order valence-corrected chi connectivity index (χ2v) is 9.09. The highest BCUT2D eigenvalue weighted by molar-refractivity contribution is 9.13. The van der Waals surface area contributed by atoms with Crippen LogP contribution in [0.2, 0.25) is 5.02 Å². The molecule has 1 N–H and O–H groups in total. The van der Waals surface area contributed by atoms with Crippen molar-refractivity contribution < 1.29 is 14.4 Å². The summed E-state index contributed by atoms with van der Waals surface area (Å²) >= 11 is 16.0. The summed E-state index contributed by atoms with van der Waals surface area (Å²) in [6.07, 6.45) is 0.686. The van der Waals surface area contributed by atoms with Crippen molar-refractivity contribution >= 4 is 82.7 Å². The number of halogens is 4. The average Bonchev–Trinajstić information content (AvgIpc) is 2.49. The van der Waals surface area contributed by atoms with Gasteiger partial charge in [0, 0.05) is 9.50 Å². The predicted octanol–water partition coefficient (Wildman–Crippen LogP) is 5.45. The number of nitrogens with zero attached hydrogens (tertiary/aromatic N) is 1. The van der Waals surface area contributed by atoms with Crippen molar-refractivity contribution in [3.8, 4) is 0 Å². The summed E-state index contributed by atoms with van der Waals surface area (Å²) in [5.41, 5.74) is 1.53. The summed E-state index contributed by atoms with van der Waals surface area (Å²) in [6, 6.07) is 4.96. The fourth-order valence-electron chi connectivity index (χ4n) is 1.93. The Hall–Kier alpha value is -0.700. The second-order valence-electron chi connectivity index (χ2n) is 5.23. The maximum atomic E-state index is 12.0. The monoisotopic (exact) mass is 540 g/mol. The van der Waals surface area contributed by atoms with E-state index >= 15 is 0 Å². The summed E-state index contributed by atoms with van der Waals surface area (Å²) in [5, 5.41) is 6.89. The van der Waals surface area contributed by atoms with Crippen LogP contribution in [0.3, 0.4) is 0 Å². The fourth-order valence-corrected chi connectivity index (χ4v) is 3.45. The van der Waals surface area contributed by atoms with E-state index in [0.29, 0.717) is 26.5 Å². The molecule has 0 aliphatic heterocycles. The topological polar surface area (TPSA) is 67.8 Å². The van der Waals surface area contributed by atoms with Crippen LogP contribution in [0.25, 0.3) is 0 Å². The molecule has 2 rings (SSSR count). The molecular formula is C15H12Br3ClN2O3. The number of ketones is 1. The van der Waals surface area contributed by atoms with Gasteiger partial charge in [-0.25, -0.2) is 4.79 Å². The number of nitrogens with one attached hydrogen (secondary N) is 1. The molecule has 1 aromatic carbocycles. The summed E-state index contributed by atoms with van der Waals surface area (Å²) in [7, 11) is 0. The van der Waals surface area contributed by atoms with Crippen molar-refractivity contribution in [2.24, 2.45) is 5.16 Å². The number of rotatable bonds is 2. The Morgan fingerprint density at radius 3 is 2.79 bits per heavy atom. The highest BCUT2D eigenvalue weighted by Crippen LogP contribution is 2.36. The zero-order chi connectivity index (χ0) is 18.1. The summed E-state index contributed by atoms with van der Waals surface area (Å²) in [6.45, 7) is 3.44. The number of alkyl halides is 2. The first kappa shape index (κ1) is 19.6. The minimum Gasteiger partial charge on any atom is -0.297 e. The van der Waals surface area contributed by atoms with Gasteiger partial charge < -0.3 is 0 Å². The molecule has 1 amide bonds. The molecule has 24 heavy (non-hydrogen) atoms. The zero-order valence-corrected chi connectivity index (χ0v) is 18.1. The van der Waals surface area contributed by atoms with E-state index in [2.05, 4.69) is 58.3 Å². The number of benzene rings is 1. The fraction of sp³-hybridized carbons (Fsp3) is 0.267. The van der Waals surface area contributed by atoms with Crippen LogP contribution in [-0.4, -0.2) is 26.7 Å². The minimum absolute atomic E-state index is 0.0897. The molecule has 2 atom stereocenters. The van der Waals surface area contributed by atoms with Crippen LogP contribution in [0.15, 0.2) is 39.5 Å². The highest BCUT2D eigenvalue weighted by Gasteiger charge is 2.43.